The Hall–Kier alpha value is -1.09. The third-order valence-electron chi connectivity index (χ3n) is 1.45. The Balaban J connectivity index is 3.19. The second kappa shape index (κ2) is 3.54. The summed E-state index contributed by atoms with van der Waals surface area (Å²) in [6.07, 6.45) is 0. The standard InChI is InChI=1S/C8H9ClO3/c1-11-5-3-6(10)8(9)7(4-5)12-2/h3-4,10H,1-2H3. The second-order valence-corrected chi connectivity index (χ2v) is 2.54. The predicted octanol–water partition coefficient (Wildman–Crippen LogP) is 2.06. The Labute approximate surface area is 75.5 Å². The summed E-state index contributed by atoms with van der Waals surface area (Å²) in [5.74, 6) is 0.857. The highest BCUT2D eigenvalue weighted by Gasteiger charge is 2.08. The maximum atomic E-state index is 9.25. The number of methoxy groups -OCH3 is 2. The zero-order valence-corrected chi connectivity index (χ0v) is 7.55. The van der Waals surface area contributed by atoms with Gasteiger partial charge in [0.05, 0.1) is 14.2 Å². The molecule has 0 heterocycles. The lowest BCUT2D eigenvalue weighted by atomic mass is 10.3. The van der Waals surface area contributed by atoms with Crippen molar-refractivity contribution in [3.05, 3.63) is 17.2 Å². The van der Waals surface area contributed by atoms with Crippen LogP contribution in [0.3, 0.4) is 0 Å². The SMILES string of the molecule is COc1cc(O)c(Cl)c(OC)c1. The summed E-state index contributed by atoms with van der Waals surface area (Å²) in [4.78, 5) is 0. The first-order valence-corrected chi connectivity index (χ1v) is 3.67. The molecule has 0 amide bonds. The van der Waals surface area contributed by atoms with Crippen molar-refractivity contribution in [1.29, 1.82) is 0 Å². The Morgan fingerprint density at radius 2 is 1.92 bits per heavy atom. The van der Waals surface area contributed by atoms with Crippen LogP contribution in [0.1, 0.15) is 0 Å². The van der Waals surface area contributed by atoms with Crippen LogP contribution < -0.4 is 9.47 Å². The molecule has 1 N–H and O–H groups in total. The summed E-state index contributed by atoms with van der Waals surface area (Å²) in [5.41, 5.74) is 0. The zero-order chi connectivity index (χ0) is 9.14. The quantitative estimate of drug-likeness (QED) is 0.772. The van der Waals surface area contributed by atoms with Crippen molar-refractivity contribution >= 4 is 11.6 Å². The molecule has 3 nitrogen and oxygen atoms in total. The molecular weight excluding hydrogens is 180 g/mol. The van der Waals surface area contributed by atoms with Crippen LogP contribution in [0.25, 0.3) is 0 Å². The van der Waals surface area contributed by atoms with Crippen LogP contribution in [-0.4, -0.2) is 19.3 Å². The van der Waals surface area contributed by atoms with E-state index in [-0.39, 0.29) is 10.8 Å². The van der Waals surface area contributed by atoms with Gasteiger partial charge in [-0.3, -0.25) is 0 Å². The lowest BCUT2D eigenvalue weighted by Crippen LogP contribution is -1.87. The minimum atomic E-state index is -0.0483. The van der Waals surface area contributed by atoms with Crippen LogP contribution in [0.2, 0.25) is 5.02 Å². The van der Waals surface area contributed by atoms with Crippen molar-refractivity contribution in [3.8, 4) is 17.2 Å². The highest BCUT2D eigenvalue weighted by molar-refractivity contribution is 6.33. The minimum Gasteiger partial charge on any atom is -0.506 e. The Bertz CT molecular complexity index is 286. The highest BCUT2D eigenvalue weighted by atomic mass is 35.5. The van der Waals surface area contributed by atoms with Gasteiger partial charge in [0.15, 0.2) is 0 Å². The monoisotopic (exact) mass is 188 g/mol. The van der Waals surface area contributed by atoms with E-state index in [1.54, 1.807) is 6.07 Å². The fourth-order valence-corrected chi connectivity index (χ4v) is 1.01. The van der Waals surface area contributed by atoms with Crippen LogP contribution in [0.15, 0.2) is 12.1 Å². The van der Waals surface area contributed by atoms with Gasteiger partial charge in [0.25, 0.3) is 0 Å². The van der Waals surface area contributed by atoms with Gasteiger partial charge in [-0.1, -0.05) is 11.6 Å². The molecule has 0 fully saturated rings. The Kier molecular flexibility index (Phi) is 2.65. The molecule has 4 heteroatoms. The van der Waals surface area contributed by atoms with Gasteiger partial charge in [-0.15, -0.1) is 0 Å². The van der Waals surface area contributed by atoms with E-state index in [0.717, 1.165) is 0 Å². The largest absolute Gasteiger partial charge is 0.506 e. The number of benzene rings is 1. The van der Waals surface area contributed by atoms with E-state index in [0.29, 0.717) is 11.5 Å². The first-order chi connectivity index (χ1) is 5.69. The van der Waals surface area contributed by atoms with Crippen molar-refractivity contribution in [1.82, 2.24) is 0 Å². The van der Waals surface area contributed by atoms with E-state index >= 15 is 0 Å². The average molecular weight is 189 g/mol. The van der Waals surface area contributed by atoms with Crippen molar-refractivity contribution in [3.63, 3.8) is 0 Å². The van der Waals surface area contributed by atoms with Crippen molar-refractivity contribution in [2.24, 2.45) is 0 Å². The number of hydrogen-bond acceptors (Lipinski definition) is 3. The van der Waals surface area contributed by atoms with E-state index < -0.39 is 0 Å². The Morgan fingerprint density at radius 3 is 2.42 bits per heavy atom. The molecular formula is C8H9ClO3. The molecule has 0 atom stereocenters. The van der Waals surface area contributed by atoms with E-state index in [1.807, 2.05) is 0 Å². The molecule has 0 aliphatic rings. The average Bonchev–Trinajstić information content (AvgIpc) is 2.09. The minimum absolute atomic E-state index is 0.0483. The summed E-state index contributed by atoms with van der Waals surface area (Å²) in [7, 11) is 2.97. The molecule has 1 aromatic rings. The van der Waals surface area contributed by atoms with Gasteiger partial charge < -0.3 is 14.6 Å². The van der Waals surface area contributed by atoms with Gasteiger partial charge in [0.2, 0.25) is 0 Å². The molecule has 0 radical (unpaired) electrons. The number of rotatable bonds is 2. The smallest absolute Gasteiger partial charge is 0.144 e. The highest BCUT2D eigenvalue weighted by Crippen LogP contribution is 2.36. The molecule has 0 saturated carbocycles. The van der Waals surface area contributed by atoms with Gasteiger partial charge >= 0.3 is 0 Å². The first-order valence-electron chi connectivity index (χ1n) is 3.29. The number of halogens is 1. The molecule has 0 saturated heterocycles. The molecule has 0 aromatic heterocycles. The van der Waals surface area contributed by atoms with Crippen LogP contribution >= 0.6 is 11.6 Å². The maximum absolute atomic E-state index is 9.25. The second-order valence-electron chi connectivity index (χ2n) is 2.16. The number of phenolic OH excluding ortho intramolecular Hbond substituents is 1. The number of phenols is 1. The maximum Gasteiger partial charge on any atom is 0.144 e. The lowest BCUT2D eigenvalue weighted by molar-refractivity contribution is 0.385. The molecule has 0 aliphatic carbocycles. The fraction of sp³-hybridized carbons (Fsp3) is 0.250. The van der Waals surface area contributed by atoms with Crippen molar-refractivity contribution in [2.75, 3.05) is 14.2 Å². The first kappa shape index (κ1) is 9.00. The van der Waals surface area contributed by atoms with E-state index in [9.17, 15) is 5.11 Å². The van der Waals surface area contributed by atoms with E-state index in [1.165, 1.54) is 20.3 Å². The molecule has 0 unspecified atom stereocenters. The molecule has 0 aliphatic heterocycles. The summed E-state index contributed by atoms with van der Waals surface area (Å²) in [6, 6.07) is 3.02. The van der Waals surface area contributed by atoms with Crippen LogP contribution in [0, 0.1) is 0 Å². The normalized spacial score (nSPS) is 9.58. The predicted molar refractivity (Wildman–Crippen MR) is 46.2 cm³/mol. The third-order valence-corrected chi connectivity index (χ3v) is 1.83. The summed E-state index contributed by atoms with van der Waals surface area (Å²) >= 11 is 5.69. The van der Waals surface area contributed by atoms with Gasteiger partial charge in [-0.2, -0.15) is 0 Å². The lowest BCUT2D eigenvalue weighted by Gasteiger charge is -2.07. The topological polar surface area (TPSA) is 38.7 Å². The number of aromatic hydroxyl groups is 1. The van der Waals surface area contributed by atoms with E-state index in [4.69, 9.17) is 21.1 Å². The molecule has 0 spiro atoms. The molecule has 12 heavy (non-hydrogen) atoms. The van der Waals surface area contributed by atoms with Crippen molar-refractivity contribution in [2.45, 2.75) is 0 Å². The van der Waals surface area contributed by atoms with Gasteiger partial charge in [0, 0.05) is 12.1 Å². The molecule has 1 aromatic carbocycles. The van der Waals surface area contributed by atoms with Crippen molar-refractivity contribution < 1.29 is 14.6 Å². The third kappa shape index (κ3) is 1.56. The number of ether oxygens (including phenoxy) is 2. The Morgan fingerprint density at radius 1 is 1.25 bits per heavy atom. The van der Waals surface area contributed by atoms with Gasteiger partial charge in [-0.05, 0) is 0 Å². The fourth-order valence-electron chi connectivity index (χ4n) is 0.825. The van der Waals surface area contributed by atoms with Crippen LogP contribution in [-0.2, 0) is 0 Å². The summed E-state index contributed by atoms with van der Waals surface area (Å²) in [6.45, 7) is 0. The van der Waals surface area contributed by atoms with Gasteiger partial charge in [-0.25, -0.2) is 0 Å². The summed E-state index contributed by atoms with van der Waals surface area (Å²) < 4.78 is 9.79. The van der Waals surface area contributed by atoms with Crippen LogP contribution in [0.4, 0.5) is 0 Å². The molecule has 1 rings (SSSR count). The molecule has 66 valence electrons. The van der Waals surface area contributed by atoms with Gasteiger partial charge in [0.1, 0.15) is 22.3 Å². The van der Waals surface area contributed by atoms with E-state index in [2.05, 4.69) is 0 Å². The molecule has 0 bridgehead atoms. The number of hydrogen-bond donors (Lipinski definition) is 1. The van der Waals surface area contributed by atoms with Crippen LogP contribution in [0.5, 0.6) is 17.2 Å². The zero-order valence-electron chi connectivity index (χ0n) is 6.80. The summed E-state index contributed by atoms with van der Waals surface area (Å²) in [5, 5.41) is 9.44.